The first kappa shape index (κ1) is 14.2. The molecule has 1 rings (SSSR count). The summed E-state index contributed by atoms with van der Waals surface area (Å²) in [6, 6.07) is 9.05. The molecule has 0 aliphatic rings. The molecule has 0 spiro atoms. The summed E-state index contributed by atoms with van der Waals surface area (Å²) in [5.41, 5.74) is 8.31. The largest absolute Gasteiger partial charge is 0.330 e. The first-order chi connectivity index (χ1) is 8.27. The third-order valence-electron chi connectivity index (χ3n) is 3.31. The smallest absolute Gasteiger partial charge is 0.000834 e. The summed E-state index contributed by atoms with van der Waals surface area (Å²) < 4.78 is 0. The Labute approximate surface area is 106 Å². The Bertz CT molecular complexity index is 292. The van der Waals surface area contributed by atoms with Crippen LogP contribution in [0.3, 0.4) is 0 Å². The summed E-state index contributed by atoms with van der Waals surface area (Å²) in [5.74, 6) is 0.673. The maximum absolute atomic E-state index is 5.44. The number of hydrogen-bond acceptors (Lipinski definition) is 2. The topological polar surface area (TPSA) is 38.0 Å². The van der Waals surface area contributed by atoms with Crippen LogP contribution in [0.1, 0.15) is 43.7 Å². The minimum Gasteiger partial charge on any atom is -0.330 e. The van der Waals surface area contributed by atoms with Crippen LogP contribution in [0.4, 0.5) is 0 Å². The van der Waals surface area contributed by atoms with Gasteiger partial charge in [0.2, 0.25) is 0 Å². The van der Waals surface area contributed by atoms with Crippen molar-refractivity contribution >= 4 is 0 Å². The normalized spacial score (nSPS) is 12.6. The molecule has 0 bridgehead atoms. The molecule has 0 radical (unpaired) electrons. The van der Waals surface area contributed by atoms with Crippen molar-refractivity contribution in [2.45, 2.75) is 39.0 Å². The second kappa shape index (κ2) is 8.26. The van der Waals surface area contributed by atoms with Gasteiger partial charge in [-0.1, -0.05) is 38.1 Å². The van der Waals surface area contributed by atoms with E-state index in [-0.39, 0.29) is 0 Å². The molecular formula is C15H26N2. The minimum atomic E-state index is 0.673. The van der Waals surface area contributed by atoms with E-state index in [0.29, 0.717) is 5.92 Å². The fraction of sp³-hybridized carbons (Fsp3) is 0.600. The molecule has 1 atom stereocenters. The lowest BCUT2D eigenvalue weighted by atomic mass is 9.97. The molecule has 0 aliphatic carbocycles. The van der Waals surface area contributed by atoms with Crippen LogP contribution >= 0.6 is 0 Å². The van der Waals surface area contributed by atoms with E-state index >= 15 is 0 Å². The molecule has 1 unspecified atom stereocenters. The van der Waals surface area contributed by atoms with Crippen molar-refractivity contribution < 1.29 is 0 Å². The van der Waals surface area contributed by atoms with Gasteiger partial charge in [0.1, 0.15) is 0 Å². The fourth-order valence-electron chi connectivity index (χ4n) is 1.83. The van der Waals surface area contributed by atoms with Crippen LogP contribution in [0.2, 0.25) is 0 Å². The average Bonchev–Trinajstić information content (AvgIpc) is 2.38. The number of nitrogens with one attached hydrogen (secondary N) is 1. The Morgan fingerprint density at radius 3 is 2.47 bits per heavy atom. The van der Waals surface area contributed by atoms with Crippen molar-refractivity contribution in [2.75, 3.05) is 19.6 Å². The first-order valence-corrected chi connectivity index (χ1v) is 6.77. The average molecular weight is 234 g/mol. The fourth-order valence-corrected chi connectivity index (χ4v) is 1.83. The molecule has 0 amide bonds. The molecule has 0 saturated heterocycles. The van der Waals surface area contributed by atoms with E-state index in [1.54, 1.807) is 0 Å². The highest BCUT2D eigenvalue weighted by molar-refractivity contribution is 5.25. The second-order valence-electron chi connectivity index (χ2n) is 4.69. The van der Waals surface area contributed by atoms with Gasteiger partial charge in [0, 0.05) is 0 Å². The molecule has 0 saturated carbocycles. The van der Waals surface area contributed by atoms with Crippen molar-refractivity contribution in [3.63, 3.8) is 0 Å². The molecule has 1 aromatic rings. The lowest BCUT2D eigenvalue weighted by Gasteiger charge is -2.10. The van der Waals surface area contributed by atoms with Crippen molar-refractivity contribution in [3.8, 4) is 0 Å². The van der Waals surface area contributed by atoms with Gasteiger partial charge in [-0.2, -0.15) is 0 Å². The zero-order chi connectivity index (χ0) is 12.5. The lowest BCUT2D eigenvalue weighted by Crippen LogP contribution is -2.20. The van der Waals surface area contributed by atoms with Crippen LogP contribution in [0.15, 0.2) is 24.3 Å². The molecule has 96 valence electrons. The van der Waals surface area contributed by atoms with Crippen LogP contribution in [0, 0.1) is 0 Å². The summed E-state index contributed by atoms with van der Waals surface area (Å²) in [5, 5.41) is 3.40. The summed E-state index contributed by atoms with van der Waals surface area (Å²) >= 11 is 0. The zero-order valence-electron chi connectivity index (χ0n) is 11.2. The van der Waals surface area contributed by atoms with E-state index in [9.17, 15) is 0 Å². The van der Waals surface area contributed by atoms with Crippen molar-refractivity contribution in [3.05, 3.63) is 35.4 Å². The molecule has 0 aromatic heterocycles. The van der Waals surface area contributed by atoms with Gasteiger partial charge in [-0.25, -0.2) is 0 Å². The lowest BCUT2D eigenvalue weighted by molar-refractivity contribution is 0.653. The van der Waals surface area contributed by atoms with Gasteiger partial charge in [0.05, 0.1) is 0 Å². The number of rotatable bonds is 8. The van der Waals surface area contributed by atoms with E-state index in [1.165, 1.54) is 17.5 Å². The molecule has 3 N–H and O–H groups in total. The van der Waals surface area contributed by atoms with Crippen molar-refractivity contribution in [2.24, 2.45) is 5.73 Å². The van der Waals surface area contributed by atoms with Crippen molar-refractivity contribution in [1.29, 1.82) is 0 Å². The standard InChI is InChI=1S/C15H26N2/c1-3-13(2)15-7-5-14(6-8-15)9-12-17-11-4-10-16/h5-8,13,17H,3-4,9-12,16H2,1-2H3. The van der Waals surface area contributed by atoms with Crippen LogP contribution in [-0.2, 0) is 6.42 Å². The van der Waals surface area contributed by atoms with Gasteiger partial charge < -0.3 is 11.1 Å². The maximum Gasteiger partial charge on any atom is -0.000834 e. The van der Waals surface area contributed by atoms with Crippen molar-refractivity contribution in [1.82, 2.24) is 5.32 Å². The minimum absolute atomic E-state index is 0.673. The van der Waals surface area contributed by atoms with E-state index < -0.39 is 0 Å². The number of benzene rings is 1. The predicted molar refractivity (Wildman–Crippen MR) is 75.4 cm³/mol. The Kier molecular flexibility index (Phi) is 6.90. The molecule has 0 heterocycles. The van der Waals surface area contributed by atoms with Gasteiger partial charge in [0.15, 0.2) is 0 Å². The molecular weight excluding hydrogens is 208 g/mol. The highest BCUT2D eigenvalue weighted by atomic mass is 14.8. The summed E-state index contributed by atoms with van der Waals surface area (Å²) in [4.78, 5) is 0. The van der Waals surface area contributed by atoms with Crippen LogP contribution < -0.4 is 11.1 Å². The Balaban J connectivity index is 2.30. The third kappa shape index (κ3) is 5.33. The van der Waals surface area contributed by atoms with Crippen LogP contribution in [0.25, 0.3) is 0 Å². The van der Waals surface area contributed by atoms with E-state index in [0.717, 1.165) is 32.5 Å². The Morgan fingerprint density at radius 1 is 1.18 bits per heavy atom. The maximum atomic E-state index is 5.44. The monoisotopic (exact) mass is 234 g/mol. The SMILES string of the molecule is CCC(C)c1ccc(CCNCCCN)cc1. The van der Waals surface area contributed by atoms with E-state index in [2.05, 4.69) is 43.4 Å². The highest BCUT2D eigenvalue weighted by Crippen LogP contribution is 2.18. The number of nitrogens with two attached hydrogens (primary N) is 1. The Hall–Kier alpha value is -0.860. The summed E-state index contributed by atoms with van der Waals surface area (Å²) in [6.45, 7) is 7.37. The molecule has 17 heavy (non-hydrogen) atoms. The van der Waals surface area contributed by atoms with Gasteiger partial charge >= 0.3 is 0 Å². The zero-order valence-corrected chi connectivity index (χ0v) is 11.2. The van der Waals surface area contributed by atoms with Gasteiger partial charge in [-0.3, -0.25) is 0 Å². The molecule has 2 nitrogen and oxygen atoms in total. The second-order valence-corrected chi connectivity index (χ2v) is 4.69. The van der Waals surface area contributed by atoms with Crippen LogP contribution in [-0.4, -0.2) is 19.6 Å². The highest BCUT2D eigenvalue weighted by Gasteiger charge is 2.01. The molecule has 0 fully saturated rings. The summed E-state index contributed by atoms with van der Waals surface area (Å²) in [6.07, 6.45) is 3.37. The summed E-state index contributed by atoms with van der Waals surface area (Å²) in [7, 11) is 0. The quantitative estimate of drug-likeness (QED) is 0.679. The Morgan fingerprint density at radius 2 is 1.88 bits per heavy atom. The molecule has 0 aliphatic heterocycles. The van der Waals surface area contributed by atoms with E-state index in [1.807, 2.05) is 0 Å². The van der Waals surface area contributed by atoms with Gasteiger partial charge in [0.25, 0.3) is 0 Å². The van der Waals surface area contributed by atoms with Gasteiger partial charge in [-0.15, -0.1) is 0 Å². The van der Waals surface area contributed by atoms with Gasteiger partial charge in [-0.05, 0) is 55.9 Å². The first-order valence-electron chi connectivity index (χ1n) is 6.77. The third-order valence-corrected chi connectivity index (χ3v) is 3.31. The van der Waals surface area contributed by atoms with Crippen LogP contribution in [0.5, 0.6) is 0 Å². The number of hydrogen-bond donors (Lipinski definition) is 2. The predicted octanol–water partition coefficient (Wildman–Crippen LogP) is 2.68. The molecule has 1 aromatic carbocycles. The van der Waals surface area contributed by atoms with E-state index in [4.69, 9.17) is 5.73 Å². The molecule has 2 heteroatoms.